The molecule has 0 N–H and O–H groups in total. The number of carbonyl (C=O) groups excluding carboxylic acids is 1. The third-order valence-electron chi connectivity index (χ3n) is 5.51. The number of likely N-dealkylation sites (tertiary alicyclic amines) is 2. The molecule has 0 saturated carbocycles. The summed E-state index contributed by atoms with van der Waals surface area (Å²) >= 11 is 0. The highest BCUT2D eigenvalue weighted by atomic mass is 32.2. The molecule has 3 saturated heterocycles. The topological polar surface area (TPSA) is 60.9 Å². The summed E-state index contributed by atoms with van der Waals surface area (Å²) in [7, 11) is -3.17. The van der Waals surface area contributed by atoms with E-state index >= 15 is 0 Å². The summed E-state index contributed by atoms with van der Waals surface area (Å²) in [5.74, 6) is 0.429. The maximum atomic E-state index is 12.5. The lowest BCUT2D eigenvalue weighted by Crippen LogP contribution is -2.54. The first-order valence-electron chi connectivity index (χ1n) is 9.04. The fraction of sp³-hybridized carbons (Fsp3) is 0.938. The second kappa shape index (κ2) is 7.07. The third-order valence-corrected chi connectivity index (χ3v) is 7.60. The molecule has 0 aliphatic carbocycles. The van der Waals surface area contributed by atoms with Gasteiger partial charge in [0, 0.05) is 38.1 Å². The summed E-state index contributed by atoms with van der Waals surface area (Å²) in [6, 6.07) is 0.0910. The Morgan fingerprint density at radius 2 is 1.78 bits per heavy atom. The zero-order chi connectivity index (χ0) is 16.4. The maximum absolute atomic E-state index is 12.5. The molecule has 3 aliphatic heterocycles. The molecule has 0 bridgehead atoms. The van der Waals surface area contributed by atoms with Crippen LogP contribution in [0.15, 0.2) is 0 Å². The second-order valence-electron chi connectivity index (χ2n) is 7.02. The summed E-state index contributed by atoms with van der Waals surface area (Å²) in [5.41, 5.74) is 0. The molecular formula is C16H29N3O3S. The normalized spacial score (nSPS) is 30.1. The fourth-order valence-electron chi connectivity index (χ4n) is 4.38. The van der Waals surface area contributed by atoms with Crippen LogP contribution in [0.25, 0.3) is 0 Å². The predicted molar refractivity (Wildman–Crippen MR) is 89.6 cm³/mol. The van der Waals surface area contributed by atoms with Crippen molar-refractivity contribution in [2.75, 3.05) is 38.5 Å². The average molecular weight is 343 g/mol. The van der Waals surface area contributed by atoms with Gasteiger partial charge in [-0.25, -0.2) is 8.42 Å². The number of fused-ring (bicyclic) bond motifs is 1. The van der Waals surface area contributed by atoms with Gasteiger partial charge in [-0.3, -0.25) is 4.79 Å². The monoisotopic (exact) mass is 343 g/mol. The minimum absolute atomic E-state index is 0.00262. The number of piperidine rings is 1. The molecular weight excluding hydrogens is 314 g/mol. The van der Waals surface area contributed by atoms with Gasteiger partial charge in [0.15, 0.2) is 0 Å². The van der Waals surface area contributed by atoms with E-state index < -0.39 is 10.0 Å². The quantitative estimate of drug-likeness (QED) is 0.718. The molecule has 7 heteroatoms. The fourth-order valence-corrected chi connectivity index (χ4v) is 6.17. The lowest BCUT2D eigenvalue weighted by atomic mass is 9.97. The summed E-state index contributed by atoms with van der Waals surface area (Å²) < 4.78 is 26.6. The van der Waals surface area contributed by atoms with Crippen LogP contribution in [-0.2, 0) is 14.8 Å². The van der Waals surface area contributed by atoms with Crippen molar-refractivity contribution >= 4 is 15.9 Å². The van der Waals surface area contributed by atoms with E-state index in [-0.39, 0.29) is 23.7 Å². The minimum Gasteiger partial charge on any atom is -0.337 e. The molecule has 0 aromatic rings. The van der Waals surface area contributed by atoms with Crippen LogP contribution in [0.3, 0.4) is 0 Å². The molecule has 6 nitrogen and oxygen atoms in total. The van der Waals surface area contributed by atoms with Crippen LogP contribution in [-0.4, -0.2) is 79.0 Å². The molecule has 132 valence electrons. The van der Waals surface area contributed by atoms with Crippen molar-refractivity contribution in [3.63, 3.8) is 0 Å². The van der Waals surface area contributed by atoms with Crippen LogP contribution < -0.4 is 0 Å². The summed E-state index contributed by atoms with van der Waals surface area (Å²) in [5, 5.41) is 0. The van der Waals surface area contributed by atoms with Gasteiger partial charge in [-0.1, -0.05) is 6.92 Å². The van der Waals surface area contributed by atoms with E-state index in [4.69, 9.17) is 0 Å². The lowest BCUT2D eigenvalue weighted by molar-refractivity contribution is -0.137. The summed E-state index contributed by atoms with van der Waals surface area (Å²) in [4.78, 5) is 16.8. The summed E-state index contributed by atoms with van der Waals surface area (Å²) in [6.07, 6.45) is 5.12. The highest BCUT2D eigenvalue weighted by molar-refractivity contribution is 7.89. The molecule has 0 radical (unpaired) electrons. The Kier molecular flexibility index (Phi) is 5.28. The number of rotatable bonds is 6. The van der Waals surface area contributed by atoms with Gasteiger partial charge in [0.25, 0.3) is 0 Å². The van der Waals surface area contributed by atoms with E-state index in [2.05, 4.69) is 4.90 Å². The van der Waals surface area contributed by atoms with Crippen molar-refractivity contribution in [3.05, 3.63) is 0 Å². The zero-order valence-electron chi connectivity index (χ0n) is 14.1. The molecule has 2 unspecified atom stereocenters. The van der Waals surface area contributed by atoms with E-state index in [1.165, 1.54) is 12.8 Å². The van der Waals surface area contributed by atoms with E-state index in [9.17, 15) is 13.2 Å². The molecule has 1 amide bonds. The summed E-state index contributed by atoms with van der Waals surface area (Å²) in [6.45, 7) is 6.42. The van der Waals surface area contributed by atoms with E-state index in [1.807, 2.05) is 11.8 Å². The van der Waals surface area contributed by atoms with Gasteiger partial charge in [-0.05, 0) is 45.2 Å². The Labute approximate surface area is 139 Å². The van der Waals surface area contributed by atoms with Gasteiger partial charge in [-0.2, -0.15) is 4.31 Å². The number of hydrogen-bond donors (Lipinski definition) is 0. The Morgan fingerprint density at radius 1 is 1.04 bits per heavy atom. The molecule has 0 aromatic carbocycles. The van der Waals surface area contributed by atoms with Gasteiger partial charge in [-0.15, -0.1) is 0 Å². The van der Waals surface area contributed by atoms with Crippen LogP contribution in [0.5, 0.6) is 0 Å². The smallest absolute Gasteiger partial charge is 0.222 e. The van der Waals surface area contributed by atoms with Crippen molar-refractivity contribution in [1.82, 2.24) is 14.1 Å². The first kappa shape index (κ1) is 17.2. The van der Waals surface area contributed by atoms with Crippen LogP contribution >= 0.6 is 0 Å². The van der Waals surface area contributed by atoms with Gasteiger partial charge < -0.3 is 9.80 Å². The molecule has 3 rings (SSSR count). The van der Waals surface area contributed by atoms with Gasteiger partial charge in [0.2, 0.25) is 15.9 Å². The lowest BCUT2D eigenvalue weighted by Gasteiger charge is -2.40. The highest BCUT2D eigenvalue weighted by Crippen LogP contribution is 2.33. The van der Waals surface area contributed by atoms with Crippen molar-refractivity contribution in [2.24, 2.45) is 0 Å². The van der Waals surface area contributed by atoms with Crippen molar-refractivity contribution in [3.8, 4) is 0 Å². The van der Waals surface area contributed by atoms with Crippen LogP contribution in [0.2, 0.25) is 0 Å². The molecule has 3 fully saturated rings. The molecule has 0 spiro atoms. The Hall–Kier alpha value is -0.660. The standard InChI is InChI=1S/C16H29N3O3S/c1-2-13-23(21,22)19-10-7-14-15(19)5-6-16(20)18(14)12-11-17-8-3-4-9-17/h14-15H,2-13H2,1H3. The maximum Gasteiger partial charge on any atom is 0.222 e. The van der Waals surface area contributed by atoms with Crippen molar-refractivity contribution in [2.45, 2.75) is 57.5 Å². The van der Waals surface area contributed by atoms with E-state index in [0.29, 0.717) is 25.8 Å². The second-order valence-corrected chi connectivity index (χ2v) is 9.07. The number of sulfonamides is 1. The highest BCUT2D eigenvalue weighted by Gasteiger charge is 2.46. The van der Waals surface area contributed by atoms with Gasteiger partial charge >= 0.3 is 0 Å². The number of amides is 1. The van der Waals surface area contributed by atoms with Crippen LogP contribution in [0.1, 0.15) is 45.4 Å². The third kappa shape index (κ3) is 3.56. The molecule has 23 heavy (non-hydrogen) atoms. The zero-order valence-corrected chi connectivity index (χ0v) is 14.9. The molecule has 3 aliphatic rings. The molecule has 3 heterocycles. The van der Waals surface area contributed by atoms with E-state index in [1.54, 1.807) is 4.31 Å². The Morgan fingerprint density at radius 3 is 2.48 bits per heavy atom. The average Bonchev–Trinajstić information content (AvgIpc) is 3.15. The predicted octanol–water partition coefficient (Wildman–Crippen LogP) is 0.887. The molecule has 0 aromatic heterocycles. The Bertz CT molecular complexity index is 531. The van der Waals surface area contributed by atoms with Crippen LogP contribution in [0, 0.1) is 0 Å². The first-order chi connectivity index (χ1) is 11.0. The van der Waals surface area contributed by atoms with Crippen LogP contribution in [0.4, 0.5) is 0 Å². The van der Waals surface area contributed by atoms with E-state index in [0.717, 1.165) is 32.6 Å². The van der Waals surface area contributed by atoms with Gasteiger partial charge in [0.1, 0.15) is 0 Å². The number of nitrogens with zero attached hydrogens (tertiary/aromatic N) is 3. The SMILES string of the molecule is CCCS(=O)(=O)N1CCC2C1CCC(=O)N2CCN1CCCC1. The largest absolute Gasteiger partial charge is 0.337 e. The van der Waals surface area contributed by atoms with Crippen molar-refractivity contribution < 1.29 is 13.2 Å². The number of hydrogen-bond acceptors (Lipinski definition) is 4. The van der Waals surface area contributed by atoms with Gasteiger partial charge in [0.05, 0.1) is 5.75 Å². The first-order valence-corrected chi connectivity index (χ1v) is 10.6. The van der Waals surface area contributed by atoms with Crippen molar-refractivity contribution in [1.29, 1.82) is 0 Å². The Balaban J connectivity index is 1.66. The number of carbonyl (C=O) groups is 1. The molecule has 2 atom stereocenters. The minimum atomic E-state index is -3.17.